The molecule has 0 saturated carbocycles. The second-order valence-electron chi connectivity index (χ2n) is 17.7. The van der Waals surface area contributed by atoms with Crippen LogP contribution in [0.1, 0.15) is 26.3 Å². The molecule has 1 aliphatic rings. The van der Waals surface area contributed by atoms with Crippen LogP contribution in [0.15, 0.2) is 200 Å². The van der Waals surface area contributed by atoms with Gasteiger partial charge in [0.15, 0.2) is 5.82 Å². The van der Waals surface area contributed by atoms with Gasteiger partial charge in [0.2, 0.25) is 5.88 Å². The van der Waals surface area contributed by atoms with Gasteiger partial charge >= 0.3 is 0 Å². The molecule has 0 amide bonds. The van der Waals surface area contributed by atoms with Crippen molar-refractivity contribution in [3.8, 4) is 89.8 Å². The molecule has 8 aromatic carbocycles. The van der Waals surface area contributed by atoms with Crippen LogP contribution in [0.25, 0.3) is 78.1 Å². The maximum atomic E-state index is 6.56. The van der Waals surface area contributed by atoms with E-state index in [4.69, 9.17) is 14.7 Å². The summed E-state index contributed by atoms with van der Waals surface area (Å²) in [4.78, 5) is 10.4. The van der Waals surface area contributed by atoms with Crippen molar-refractivity contribution in [2.75, 3.05) is 0 Å². The van der Waals surface area contributed by atoms with Crippen molar-refractivity contribution in [2.45, 2.75) is 39.3 Å². The highest BCUT2D eigenvalue weighted by atomic mass is 28.3. The molecule has 2 heterocycles. The van der Waals surface area contributed by atoms with Crippen LogP contribution in [0.4, 0.5) is 0 Å². The van der Waals surface area contributed by atoms with Gasteiger partial charge in [-0.1, -0.05) is 216 Å². The van der Waals surface area contributed by atoms with Crippen LogP contribution < -0.4 is 15.1 Å². The molecule has 0 saturated heterocycles. The Kier molecular flexibility index (Phi) is 9.89. The summed E-state index contributed by atoms with van der Waals surface area (Å²) in [6.07, 6.45) is 2.03. The van der Waals surface area contributed by atoms with Gasteiger partial charge in [-0.2, -0.15) is 4.98 Å². The Morgan fingerprint density at radius 1 is 0.419 bits per heavy atom. The van der Waals surface area contributed by atoms with E-state index in [-0.39, 0.29) is 5.41 Å². The topological polar surface area (TPSA) is 35.0 Å². The van der Waals surface area contributed by atoms with Crippen LogP contribution in [-0.4, -0.2) is 18.0 Å². The Bertz CT molecular complexity index is 2960. The second-order valence-corrected chi connectivity index (χ2v) is 22.1. The van der Waals surface area contributed by atoms with Crippen molar-refractivity contribution in [1.82, 2.24) is 9.97 Å². The zero-order chi connectivity index (χ0) is 42.4. The summed E-state index contributed by atoms with van der Waals surface area (Å²) in [5.41, 5.74) is 16.0. The van der Waals surface area contributed by atoms with Gasteiger partial charge in [0.25, 0.3) is 0 Å². The summed E-state index contributed by atoms with van der Waals surface area (Å²) in [5, 5.41) is 2.39. The minimum atomic E-state index is -2.08. The van der Waals surface area contributed by atoms with E-state index in [9.17, 15) is 0 Å². The van der Waals surface area contributed by atoms with Gasteiger partial charge < -0.3 is 4.74 Å². The molecule has 9 aromatic rings. The summed E-state index contributed by atoms with van der Waals surface area (Å²) < 4.78 is 6.56. The third-order valence-electron chi connectivity index (χ3n) is 12.4. The first-order chi connectivity index (χ1) is 30.2. The van der Waals surface area contributed by atoms with E-state index < -0.39 is 8.07 Å². The van der Waals surface area contributed by atoms with Gasteiger partial charge in [-0.25, -0.2) is 4.98 Å². The molecule has 0 N–H and O–H groups in total. The van der Waals surface area contributed by atoms with Crippen molar-refractivity contribution < 1.29 is 4.74 Å². The molecule has 0 radical (unpaired) electrons. The number of para-hydroxylation sites is 1. The van der Waals surface area contributed by atoms with Crippen LogP contribution in [-0.2, 0) is 5.41 Å². The number of hydrogen-bond acceptors (Lipinski definition) is 3. The first kappa shape index (κ1) is 39.0. The molecular weight excluding hydrogens is 769 g/mol. The van der Waals surface area contributed by atoms with Gasteiger partial charge in [-0.3, -0.25) is 0 Å². The number of rotatable bonds is 7. The highest BCUT2D eigenvalue weighted by Crippen LogP contribution is 2.56. The predicted octanol–water partition coefficient (Wildman–Crippen LogP) is 14.4. The average Bonchev–Trinajstić information content (AvgIpc) is 3.31. The largest absolute Gasteiger partial charge is 0.439 e. The summed E-state index contributed by atoms with van der Waals surface area (Å²) in [6, 6.07) is 70.1. The minimum absolute atomic E-state index is 0.263. The summed E-state index contributed by atoms with van der Waals surface area (Å²) in [6.45, 7) is 11.6. The van der Waals surface area contributed by atoms with E-state index in [1.807, 2.05) is 12.3 Å². The van der Waals surface area contributed by atoms with Crippen molar-refractivity contribution in [3.05, 3.63) is 206 Å². The minimum Gasteiger partial charge on any atom is -0.439 e. The van der Waals surface area contributed by atoms with Gasteiger partial charge in [-0.05, 0) is 95.1 Å². The zero-order valence-electron chi connectivity index (χ0n) is 35.9. The fraction of sp³-hybridized carbons (Fsp3) is 0.103. The highest BCUT2D eigenvalue weighted by molar-refractivity contribution is 7.01. The lowest BCUT2D eigenvalue weighted by molar-refractivity contribution is 0.466. The number of fused-ring (bicyclic) bond motifs is 2. The number of aromatic nitrogens is 2. The summed E-state index contributed by atoms with van der Waals surface area (Å²) in [5.74, 6) is 2.24. The maximum absolute atomic E-state index is 6.56. The van der Waals surface area contributed by atoms with Crippen LogP contribution in [0.5, 0.6) is 11.6 Å². The highest BCUT2D eigenvalue weighted by Gasteiger charge is 2.38. The molecule has 10 rings (SSSR count). The molecule has 300 valence electrons. The third kappa shape index (κ3) is 6.87. The first-order valence-electron chi connectivity index (χ1n) is 21.5. The molecule has 0 spiro atoms. The molecule has 0 fully saturated rings. The number of benzene rings is 8. The van der Waals surface area contributed by atoms with Gasteiger partial charge in [-0.15, -0.1) is 0 Å². The molecule has 4 heteroatoms. The smallest absolute Gasteiger partial charge is 0.222 e. The number of hydrogen-bond donors (Lipinski definition) is 0. The number of nitrogens with zero attached hydrogens (tertiary/aromatic N) is 2. The fourth-order valence-corrected chi connectivity index (χ4v) is 11.9. The molecule has 62 heavy (non-hydrogen) atoms. The van der Waals surface area contributed by atoms with Crippen molar-refractivity contribution >= 4 is 18.4 Å². The lowest BCUT2D eigenvalue weighted by Crippen LogP contribution is -2.56. The van der Waals surface area contributed by atoms with E-state index in [0.717, 1.165) is 55.4 Å². The van der Waals surface area contributed by atoms with E-state index >= 15 is 0 Å². The van der Waals surface area contributed by atoms with E-state index in [1.165, 1.54) is 38.6 Å². The first-order valence-corrected chi connectivity index (χ1v) is 24.5. The van der Waals surface area contributed by atoms with Crippen LogP contribution >= 0.6 is 0 Å². The van der Waals surface area contributed by atoms with Crippen molar-refractivity contribution in [3.63, 3.8) is 0 Å². The second kappa shape index (κ2) is 15.7. The molecule has 1 aromatic heterocycles. The predicted molar refractivity (Wildman–Crippen MR) is 262 cm³/mol. The van der Waals surface area contributed by atoms with Crippen LogP contribution in [0.3, 0.4) is 0 Å². The number of ether oxygens (including phenoxy) is 1. The molecule has 1 aliphatic heterocycles. The molecule has 0 bridgehead atoms. The van der Waals surface area contributed by atoms with Gasteiger partial charge in [0, 0.05) is 16.9 Å². The lowest BCUT2D eigenvalue weighted by atomic mass is 9.73. The quantitative estimate of drug-likeness (QED) is 0.150. The Morgan fingerprint density at radius 3 is 1.23 bits per heavy atom. The summed E-state index contributed by atoms with van der Waals surface area (Å²) >= 11 is 0. The molecule has 0 aliphatic carbocycles. The molecule has 0 unspecified atom stereocenters. The standard InChI is InChI=1S/C58H48N2OSi/c1-58(2,3)46-37-44(35-36-45(46)56-59-38-49-57(60-56)61-47-33-21-22-34-48(47)62(49,4)5)55-53(42-29-17-9-18-30-42)51(40-25-13-7-14-26-40)50(39-23-11-6-12-24-39)52(41-27-15-8-16-28-41)54(55)43-31-19-10-20-32-43/h6-38H,1-5H3. The van der Waals surface area contributed by atoms with Crippen LogP contribution in [0.2, 0.25) is 13.1 Å². The zero-order valence-corrected chi connectivity index (χ0v) is 36.9. The normalized spacial score (nSPS) is 12.9. The average molecular weight is 817 g/mol. The van der Waals surface area contributed by atoms with Crippen LogP contribution in [0, 0.1) is 0 Å². The Labute approximate surface area is 366 Å². The van der Waals surface area contributed by atoms with Crippen molar-refractivity contribution in [1.29, 1.82) is 0 Å². The Balaban J connectivity index is 1.33. The summed E-state index contributed by atoms with van der Waals surface area (Å²) in [7, 11) is -2.08. The monoisotopic (exact) mass is 816 g/mol. The molecule has 0 atom stereocenters. The van der Waals surface area contributed by atoms with E-state index in [2.05, 4.69) is 222 Å². The van der Waals surface area contributed by atoms with E-state index in [0.29, 0.717) is 11.7 Å². The molecule has 3 nitrogen and oxygen atoms in total. The third-order valence-corrected chi connectivity index (χ3v) is 15.8. The van der Waals surface area contributed by atoms with Gasteiger partial charge in [0.1, 0.15) is 13.8 Å². The van der Waals surface area contributed by atoms with Gasteiger partial charge in [0.05, 0.1) is 0 Å². The van der Waals surface area contributed by atoms with E-state index in [1.54, 1.807) is 0 Å². The Hall–Kier alpha value is -7.14. The maximum Gasteiger partial charge on any atom is 0.222 e. The molecular formula is C58H48N2OSi. The SMILES string of the molecule is CC(C)(C)c1cc(-c2c(-c3ccccc3)c(-c3ccccc3)c(-c3ccccc3)c(-c3ccccc3)c2-c2ccccc2)ccc1-c1ncc2c(n1)Oc1ccccc1[Si]2(C)C. The Morgan fingerprint density at radius 2 is 0.806 bits per heavy atom. The lowest BCUT2D eigenvalue weighted by Gasteiger charge is -2.32. The fourth-order valence-electron chi connectivity index (χ4n) is 9.35. The van der Waals surface area contributed by atoms with Crippen molar-refractivity contribution in [2.24, 2.45) is 0 Å².